The van der Waals surface area contributed by atoms with Gasteiger partial charge in [-0.25, -0.2) is 0 Å². The highest BCUT2D eigenvalue weighted by molar-refractivity contribution is 5.39. The van der Waals surface area contributed by atoms with Gasteiger partial charge in [-0.2, -0.15) is 0 Å². The highest BCUT2D eigenvalue weighted by atomic mass is 16.5. The van der Waals surface area contributed by atoms with E-state index in [4.69, 9.17) is 4.74 Å². The molecule has 1 aromatic rings. The molecule has 0 aromatic heterocycles. The molecule has 15 heavy (non-hydrogen) atoms. The average molecular weight is 203 g/mol. The first-order valence-electron chi connectivity index (χ1n) is 5.79. The fourth-order valence-corrected chi connectivity index (χ4v) is 2.95. The Kier molecular flexibility index (Phi) is 2.17. The van der Waals surface area contributed by atoms with E-state index in [2.05, 4.69) is 23.1 Å². The molecule has 1 atom stereocenters. The molecule has 0 N–H and O–H groups in total. The molecule has 1 saturated heterocycles. The predicted octanol–water partition coefficient (Wildman–Crippen LogP) is 2.39. The van der Waals surface area contributed by atoms with Gasteiger partial charge in [-0.3, -0.25) is 4.90 Å². The lowest BCUT2D eigenvalue weighted by Crippen LogP contribution is -2.30. The highest BCUT2D eigenvalue weighted by Crippen LogP contribution is 2.38. The molecule has 3 rings (SSSR count). The second-order valence-corrected chi connectivity index (χ2v) is 4.51. The van der Waals surface area contributed by atoms with Crippen molar-refractivity contribution in [1.82, 2.24) is 4.90 Å². The van der Waals surface area contributed by atoms with Crippen LogP contribution in [0.2, 0.25) is 0 Å². The Bertz CT molecular complexity index is 375. The zero-order valence-electron chi connectivity index (χ0n) is 9.20. The maximum atomic E-state index is 5.31. The van der Waals surface area contributed by atoms with Gasteiger partial charge in [-0.15, -0.1) is 0 Å². The van der Waals surface area contributed by atoms with Crippen molar-refractivity contribution in [2.24, 2.45) is 0 Å². The fourth-order valence-electron chi connectivity index (χ4n) is 2.95. The molecule has 0 amide bonds. The minimum Gasteiger partial charge on any atom is -0.497 e. The number of methoxy groups -OCH3 is 1. The van der Waals surface area contributed by atoms with E-state index in [9.17, 15) is 0 Å². The van der Waals surface area contributed by atoms with Crippen LogP contribution in [0.4, 0.5) is 0 Å². The minimum absolute atomic E-state index is 0.670. The van der Waals surface area contributed by atoms with Crippen molar-refractivity contribution in [2.75, 3.05) is 20.2 Å². The van der Waals surface area contributed by atoms with Crippen LogP contribution in [0.5, 0.6) is 5.75 Å². The Morgan fingerprint density at radius 1 is 1.33 bits per heavy atom. The van der Waals surface area contributed by atoms with Crippen LogP contribution < -0.4 is 4.74 Å². The molecule has 2 nitrogen and oxygen atoms in total. The second-order valence-electron chi connectivity index (χ2n) is 4.51. The van der Waals surface area contributed by atoms with Crippen molar-refractivity contribution < 1.29 is 4.74 Å². The van der Waals surface area contributed by atoms with Gasteiger partial charge in [0.05, 0.1) is 7.11 Å². The van der Waals surface area contributed by atoms with Gasteiger partial charge in [0.2, 0.25) is 0 Å². The van der Waals surface area contributed by atoms with Gasteiger partial charge in [0.1, 0.15) is 5.75 Å². The summed E-state index contributed by atoms with van der Waals surface area (Å²) in [4.78, 5) is 2.61. The quantitative estimate of drug-likeness (QED) is 0.695. The molecule has 2 aliphatic rings. The molecular weight excluding hydrogens is 186 g/mol. The lowest BCUT2D eigenvalue weighted by molar-refractivity contribution is 0.243. The Labute approximate surface area is 90.8 Å². The third-order valence-corrected chi connectivity index (χ3v) is 3.74. The molecule has 0 saturated carbocycles. The van der Waals surface area contributed by atoms with E-state index < -0.39 is 0 Å². The van der Waals surface area contributed by atoms with Gasteiger partial charge < -0.3 is 4.74 Å². The van der Waals surface area contributed by atoms with Crippen molar-refractivity contribution in [3.63, 3.8) is 0 Å². The average Bonchev–Trinajstić information content (AvgIpc) is 2.76. The lowest BCUT2D eigenvalue weighted by Gasteiger charge is -2.32. The number of ether oxygens (including phenoxy) is 1. The summed E-state index contributed by atoms with van der Waals surface area (Å²) < 4.78 is 5.31. The van der Waals surface area contributed by atoms with Gasteiger partial charge >= 0.3 is 0 Å². The minimum atomic E-state index is 0.670. The Morgan fingerprint density at radius 2 is 2.27 bits per heavy atom. The van der Waals surface area contributed by atoms with Crippen LogP contribution in [0.15, 0.2) is 18.2 Å². The molecule has 1 unspecified atom stereocenters. The molecule has 0 radical (unpaired) electrons. The second kappa shape index (κ2) is 3.53. The summed E-state index contributed by atoms with van der Waals surface area (Å²) in [5, 5.41) is 0. The van der Waals surface area contributed by atoms with Crippen LogP contribution in [0, 0.1) is 0 Å². The molecule has 1 fully saturated rings. The Morgan fingerprint density at radius 3 is 3.13 bits per heavy atom. The van der Waals surface area contributed by atoms with Crippen molar-refractivity contribution in [1.29, 1.82) is 0 Å². The van der Waals surface area contributed by atoms with Crippen molar-refractivity contribution in [2.45, 2.75) is 25.3 Å². The van der Waals surface area contributed by atoms with E-state index in [1.807, 2.05) is 0 Å². The van der Waals surface area contributed by atoms with Crippen molar-refractivity contribution in [3.8, 4) is 5.75 Å². The summed E-state index contributed by atoms with van der Waals surface area (Å²) in [5.74, 6) is 1.00. The van der Waals surface area contributed by atoms with Gasteiger partial charge in [0, 0.05) is 12.6 Å². The highest BCUT2D eigenvalue weighted by Gasteiger charge is 2.30. The normalized spacial score (nSPS) is 24.7. The summed E-state index contributed by atoms with van der Waals surface area (Å²) >= 11 is 0. The molecule has 80 valence electrons. The lowest BCUT2D eigenvalue weighted by atomic mass is 9.92. The van der Waals surface area contributed by atoms with Crippen LogP contribution >= 0.6 is 0 Å². The molecule has 2 heterocycles. The van der Waals surface area contributed by atoms with E-state index in [1.54, 1.807) is 7.11 Å². The van der Waals surface area contributed by atoms with Crippen molar-refractivity contribution >= 4 is 0 Å². The van der Waals surface area contributed by atoms with Crippen molar-refractivity contribution in [3.05, 3.63) is 29.3 Å². The summed E-state index contributed by atoms with van der Waals surface area (Å²) in [6.07, 6.45) is 3.87. The van der Waals surface area contributed by atoms with E-state index in [-0.39, 0.29) is 0 Å². The van der Waals surface area contributed by atoms with Crippen LogP contribution in [0.3, 0.4) is 0 Å². The molecule has 0 spiro atoms. The molecule has 2 heteroatoms. The molecular formula is C13H17NO. The van der Waals surface area contributed by atoms with Crippen LogP contribution in [-0.2, 0) is 6.42 Å². The largest absolute Gasteiger partial charge is 0.497 e. The van der Waals surface area contributed by atoms with E-state index >= 15 is 0 Å². The standard InChI is InChI=1S/C13H17NO/c1-15-11-5-4-10-6-8-14-7-2-3-13(14)12(10)9-11/h4-5,9,13H,2-3,6-8H2,1H3. The summed E-state index contributed by atoms with van der Waals surface area (Å²) in [6.45, 7) is 2.52. The molecule has 1 aromatic carbocycles. The topological polar surface area (TPSA) is 12.5 Å². The van der Waals surface area contributed by atoms with E-state index in [0.717, 1.165) is 5.75 Å². The number of rotatable bonds is 1. The maximum Gasteiger partial charge on any atom is 0.119 e. The van der Waals surface area contributed by atoms with Crippen LogP contribution in [0.25, 0.3) is 0 Å². The Balaban J connectivity index is 2.03. The third-order valence-electron chi connectivity index (χ3n) is 3.74. The molecule has 0 bridgehead atoms. The first-order chi connectivity index (χ1) is 7.38. The monoisotopic (exact) mass is 203 g/mol. The zero-order chi connectivity index (χ0) is 10.3. The number of hydrogen-bond donors (Lipinski definition) is 0. The van der Waals surface area contributed by atoms with Gasteiger partial charge in [0.15, 0.2) is 0 Å². The molecule has 0 aliphatic carbocycles. The maximum absolute atomic E-state index is 5.31. The number of nitrogens with zero attached hydrogens (tertiary/aromatic N) is 1. The summed E-state index contributed by atoms with van der Waals surface area (Å²) in [7, 11) is 1.75. The van der Waals surface area contributed by atoms with Gasteiger partial charge in [-0.1, -0.05) is 6.07 Å². The van der Waals surface area contributed by atoms with Crippen LogP contribution in [-0.4, -0.2) is 25.1 Å². The summed E-state index contributed by atoms with van der Waals surface area (Å²) in [6, 6.07) is 7.23. The summed E-state index contributed by atoms with van der Waals surface area (Å²) in [5.41, 5.74) is 3.04. The predicted molar refractivity (Wildman–Crippen MR) is 60.2 cm³/mol. The number of benzene rings is 1. The number of fused-ring (bicyclic) bond motifs is 3. The van der Waals surface area contributed by atoms with Crippen LogP contribution in [0.1, 0.15) is 30.0 Å². The third kappa shape index (κ3) is 1.44. The first-order valence-corrected chi connectivity index (χ1v) is 5.79. The number of hydrogen-bond acceptors (Lipinski definition) is 2. The van der Waals surface area contributed by atoms with E-state index in [1.165, 1.54) is 43.5 Å². The zero-order valence-corrected chi connectivity index (χ0v) is 9.20. The fraction of sp³-hybridized carbons (Fsp3) is 0.538. The Hall–Kier alpha value is -1.02. The SMILES string of the molecule is COc1ccc2c(c1)C1CCCN1CC2. The van der Waals surface area contributed by atoms with Gasteiger partial charge in [0.25, 0.3) is 0 Å². The first kappa shape index (κ1) is 9.22. The van der Waals surface area contributed by atoms with Gasteiger partial charge in [-0.05, 0) is 49.1 Å². The smallest absolute Gasteiger partial charge is 0.119 e. The molecule has 2 aliphatic heterocycles. The van der Waals surface area contributed by atoms with E-state index in [0.29, 0.717) is 6.04 Å².